The molecule has 0 aliphatic heterocycles. The quantitative estimate of drug-likeness (QED) is 0.917. The molecule has 2 rings (SSSR count). The first-order valence-electron chi connectivity index (χ1n) is 5.26. The molecule has 94 valence electrons. The number of nitrogens with zero attached hydrogens (tertiary/aromatic N) is 1. The maximum absolute atomic E-state index is 11.5. The molecule has 1 aromatic heterocycles. The van der Waals surface area contributed by atoms with Crippen LogP contribution in [0.1, 0.15) is 5.69 Å². The van der Waals surface area contributed by atoms with Crippen molar-refractivity contribution in [3.8, 4) is 5.75 Å². The van der Waals surface area contributed by atoms with Gasteiger partial charge in [0.2, 0.25) is 0 Å². The molecule has 18 heavy (non-hydrogen) atoms. The van der Waals surface area contributed by atoms with Crippen molar-refractivity contribution in [3.63, 3.8) is 0 Å². The molecule has 0 saturated carbocycles. The summed E-state index contributed by atoms with van der Waals surface area (Å²) in [6.07, 6.45) is 0. The van der Waals surface area contributed by atoms with E-state index in [9.17, 15) is 4.79 Å². The first kappa shape index (κ1) is 12.9. The van der Waals surface area contributed by atoms with E-state index >= 15 is 0 Å². The van der Waals surface area contributed by atoms with Crippen LogP contribution in [-0.4, -0.2) is 17.5 Å². The largest absolute Gasteiger partial charge is 0.484 e. The van der Waals surface area contributed by atoms with Crippen molar-refractivity contribution in [1.82, 2.24) is 10.3 Å². The van der Waals surface area contributed by atoms with Gasteiger partial charge in [-0.05, 0) is 24.3 Å². The van der Waals surface area contributed by atoms with Crippen molar-refractivity contribution in [2.45, 2.75) is 6.54 Å². The fourth-order valence-electron chi connectivity index (χ4n) is 1.24. The second kappa shape index (κ2) is 6.37. The molecule has 4 nitrogen and oxygen atoms in total. The number of halogens is 1. The highest BCUT2D eigenvalue weighted by Gasteiger charge is 2.03. The summed E-state index contributed by atoms with van der Waals surface area (Å²) in [5, 5.41) is 5.24. The Labute approximate surface area is 114 Å². The molecule has 6 heteroatoms. The van der Waals surface area contributed by atoms with Crippen LogP contribution in [0.5, 0.6) is 5.75 Å². The number of ether oxygens (including phenoxy) is 1. The summed E-state index contributed by atoms with van der Waals surface area (Å²) in [7, 11) is 0. The number of carbonyl (C=O) groups is 1. The number of nitrogens with one attached hydrogen (secondary N) is 1. The lowest BCUT2D eigenvalue weighted by Crippen LogP contribution is -2.28. The number of hydrogen-bond donors (Lipinski definition) is 1. The Morgan fingerprint density at radius 3 is 2.83 bits per heavy atom. The molecular weight excluding hydrogens is 272 g/mol. The average molecular weight is 283 g/mol. The fraction of sp³-hybridized carbons (Fsp3) is 0.167. The van der Waals surface area contributed by atoms with Crippen molar-refractivity contribution in [1.29, 1.82) is 0 Å². The molecule has 0 radical (unpaired) electrons. The average Bonchev–Trinajstić information content (AvgIpc) is 2.89. The van der Waals surface area contributed by atoms with Gasteiger partial charge in [0.1, 0.15) is 5.75 Å². The van der Waals surface area contributed by atoms with Crippen LogP contribution in [0, 0.1) is 0 Å². The number of thiazole rings is 1. The smallest absolute Gasteiger partial charge is 0.258 e. The number of amides is 1. The predicted octanol–water partition coefficient (Wildman–Crippen LogP) is 2.49. The van der Waals surface area contributed by atoms with Crippen molar-refractivity contribution in [2.75, 3.05) is 6.61 Å². The Balaban J connectivity index is 1.73. The Kier molecular flexibility index (Phi) is 4.55. The van der Waals surface area contributed by atoms with E-state index in [1.165, 1.54) is 11.3 Å². The molecule has 0 bridgehead atoms. The maximum Gasteiger partial charge on any atom is 0.258 e. The molecule has 0 saturated heterocycles. The SMILES string of the molecule is O=C(COc1ccc(Cl)cc1)NCc1cscn1. The van der Waals surface area contributed by atoms with Gasteiger partial charge in [0, 0.05) is 10.4 Å². The lowest BCUT2D eigenvalue weighted by atomic mass is 10.3. The third kappa shape index (κ3) is 4.01. The number of rotatable bonds is 5. The van der Waals surface area contributed by atoms with Gasteiger partial charge in [-0.2, -0.15) is 0 Å². The van der Waals surface area contributed by atoms with Gasteiger partial charge in [0.05, 0.1) is 17.7 Å². The normalized spacial score (nSPS) is 10.1. The molecule has 0 fully saturated rings. The number of aromatic nitrogens is 1. The Morgan fingerprint density at radius 2 is 2.17 bits per heavy atom. The van der Waals surface area contributed by atoms with Crippen LogP contribution in [0.4, 0.5) is 0 Å². The van der Waals surface area contributed by atoms with E-state index < -0.39 is 0 Å². The van der Waals surface area contributed by atoms with E-state index in [1.54, 1.807) is 29.8 Å². The molecule has 0 atom stereocenters. The first-order chi connectivity index (χ1) is 8.74. The molecule has 0 unspecified atom stereocenters. The van der Waals surface area contributed by atoms with Crippen LogP contribution in [-0.2, 0) is 11.3 Å². The van der Waals surface area contributed by atoms with Crippen molar-refractivity contribution >= 4 is 28.8 Å². The second-order valence-electron chi connectivity index (χ2n) is 3.50. The Hall–Kier alpha value is -1.59. The molecule has 1 heterocycles. The lowest BCUT2D eigenvalue weighted by Gasteiger charge is -2.06. The fourth-order valence-corrected chi connectivity index (χ4v) is 1.93. The minimum Gasteiger partial charge on any atom is -0.484 e. The van der Waals surface area contributed by atoms with Crippen molar-refractivity contribution in [2.24, 2.45) is 0 Å². The monoisotopic (exact) mass is 282 g/mol. The lowest BCUT2D eigenvalue weighted by molar-refractivity contribution is -0.123. The minimum atomic E-state index is -0.182. The molecule has 0 spiro atoms. The van der Waals surface area contributed by atoms with E-state index in [2.05, 4.69) is 10.3 Å². The van der Waals surface area contributed by atoms with E-state index in [0.717, 1.165) is 5.69 Å². The summed E-state index contributed by atoms with van der Waals surface area (Å²) in [4.78, 5) is 15.6. The van der Waals surface area contributed by atoms with Gasteiger partial charge in [0.15, 0.2) is 6.61 Å². The second-order valence-corrected chi connectivity index (χ2v) is 4.65. The van der Waals surface area contributed by atoms with Crippen LogP contribution in [0.25, 0.3) is 0 Å². The highest BCUT2D eigenvalue weighted by molar-refractivity contribution is 7.07. The Morgan fingerprint density at radius 1 is 1.39 bits per heavy atom. The summed E-state index contributed by atoms with van der Waals surface area (Å²) in [6, 6.07) is 6.86. The van der Waals surface area contributed by atoms with Gasteiger partial charge in [0.25, 0.3) is 5.91 Å². The summed E-state index contributed by atoms with van der Waals surface area (Å²) < 4.78 is 5.30. The summed E-state index contributed by atoms with van der Waals surface area (Å²) in [5.74, 6) is 0.432. The van der Waals surface area contributed by atoms with Gasteiger partial charge in [-0.3, -0.25) is 4.79 Å². The molecular formula is C12H11ClN2O2S. The highest BCUT2D eigenvalue weighted by atomic mass is 35.5. The molecule has 1 N–H and O–H groups in total. The maximum atomic E-state index is 11.5. The third-order valence-corrected chi connectivity index (χ3v) is 3.02. The summed E-state index contributed by atoms with van der Waals surface area (Å²) in [5.41, 5.74) is 2.57. The zero-order chi connectivity index (χ0) is 12.8. The molecule has 2 aromatic rings. The number of carbonyl (C=O) groups excluding carboxylic acids is 1. The van der Waals surface area contributed by atoms with Gasteiger partial charge >= 0.3 is 0 Å². The van der Waals surface area contributed by atoms with E-state index in [1.807, 2.05) is 5.38 Å². The van der Waals surface area contributed by atoms with Crippen LogP contribution < -0.4 is 10.1 Å². The topological polar surface area (TPSA) is 51.2 Å². The van der Waals surface area contributed by atoms with Crippen LogP contribution in [0.3, 0.4) is 0 Å². The molecule has 0 aliphatic rings. The summed E-state index contributed by atoms with van der Waals surface area (Å²) >= 11 is 7.24. The predicted molar refractivity (Wildman–Crippen MR) is 70.9 cm³/mol. The molecule has 1 aromatic carbocycles. The molecule has 1 amide bonds. The van der Waals surface area contributed by atoms with Crippen LogP contribution >= 0.6 is 22.9 Å². The van der Waals surface area contributed by atoms with Crippen LogP contribution in [0.15, 0.2) is 35.2 Å². The van der Waals surface area contributed by atoms with Gasteiger partial charge < -0.3 is 10.1 Å². The van der Waals surface area contributed by atoms with E-state index in [4.69, 9.17) is 16.3 Å². The summed E-state index contributed by atoms with van der Waals surface area (Å²) in [6.45, 7) is 0.401. The minimum absolute atomic E-state index is 0.0221. The number of hydrogen-bond acceptors (Lipinski definition) is 4. The zero-order valence-electron chi connectivity index (χ0n) is 9.43. The van der Waals surface area contributed by atoms with Crippen molar-refractivity contribution < 1.29 is 9.53 Å². The van der Waals surface area contributed by atoms with Crippen LogP contribution in [0.2, 0.25) is 5.02 Å². The van der Waals surface area contributed by atoms with Crippen molar-refractivity contribution in [3.05, 3.63) is 45.9 Å². The first-order valence-corrected chi connectivity index (χ1v) is 6.58. The zero-order valence-corrected chi connectivity index (χ0v) is 11.0. The van der Waals surface area contributed by atoms with E-state index in [0.29, 0.717) is 17.3 Å². The van der Waals surface area contributed by atoms with E-state index in [-0.39, 0.29) is 12.5 Å². The third-order valence-electron chi connectivity index (χ3n) is 2.13. The number of benzene rings is 1. The van der Waals surface area contributed by atoms with Gasteiger partial charge in [-0.1, -0.05) is 11.6 Å². The highest BCUT2D eigenvalue weighted by Crippen LogP contribution is 2.15. The Bertz CT molecular complexity index is 499. The van der Waals surface area contributed by atoms with Gasteiger partial charge in [-0.25, -0.2) is 4.98 Å². The standard InChI is InChI=1S/C12H11ClN2O2S/c13-9-1-3-11(4-2-9)17-6-12(16)14-5-10-7-18-8-15-10/h1-4,7-8H,5-6H2,(H,14,16). The van der Waals surface area contributed by atoms with Gasteiger partial charge in [-0.15, -0.1) is 11.3 Å². The molecule has 0 aliphatic carbocycles.